The number of nitrogens with one attached hydrogen (secondary N) is 2. The van der Waals surface area contributed by atoms with Crippen LogP contribution in [0.15, 0.2) is 94.7 Å². The summed E-state index contributed by atoms with van der Waals surface area (Å²) in [7, 11) is -3.70. The maximum atomic E-state index is 12.9. The number of para-hydroxylation sites is 1. The lowest BCUT2D eigenvalue weighted by molar-refractivity contribution is 0.122. The number of morpholine rings is 1. The van der Waals surface area contributed by atoms with Crippen LogP contribution in [0.5, 0.6) is 0 Å². The van der Waals surface area contributed by atoms with Crippen LogP contribution in [0.25, 0.3) is 22.2 Å². The summed E-state index contributed by atoms with van der Waals surface area (Å²) in [5.41, 5.74) is 3.34. The number of fused-ring (bicyclic) bond motifs is 1. The SMILES string of the molecule is O=c1cc(N2CCOCC2)[nH]c2c(-c3cn(Cc4cccc(NS(=O)(=O)c5ccccc5)c4)nn3)cccc12. The summed E-state index contributed by atoms with van der Waals surface area (Å²) in [4.78, 5) is 18.7. The smallest absolute Gasteiger partial charge is 0.261 e. The fourth-order valence-electron chi connectivity index (χ4n) is 4.68. The highest BCUT2D eigenvalue weighted by Crippen LogP contribution is 2.26. The molecule has 0 saturated carbocycles. The van der Waals surface area contributed by atoms with Gasteiger partial charge in [0.15, 0.2) is 5.43 Å². The highest BCUT2D eigenvalue weighted by atomic mass is 32.2. The van der Waals surface area contributed by atoms with Gasteiger partial charge in [0, 0.05) is 35.8 Å². The second-order valence-corrected chi connectivity index (χ2v) is 10.9. The summed E-state index contributed by atoms with van der Waals surface area (Å²) in [5, 5.41) is 9.24. The zero-order valence-electron chi connectivity index (χ0n) is 20.9. The average molecular weight is 543 g/mol. The summed E-state index contributed by atoms with van der Waals surface area (Å²) in [6, 6.07) is 22.6. The lowest BCUT2D eigenvalue weighted by Crippen LogP contribution is -2.37. The molecule has 3 aromatic carbocycles. The molecule has 1 fully saturated rings. The van der Waals surface area contributed by atoms with Gasteiger partial charge in [-0.25, -0.2) is 13.1 Å². The molecule has 0 aliphatic carbocycles. The second kappa shape index (κ2) is 10.4. The van der Waals surface area contributed by atoms with Gasteiger partial charge in [-0.05, 0) is 35.9 Å². The standard InChI is InChI=1S/C28H26N6O4S/c35-26-17-27(33-12-14-38-15-13-33)29-28-23(10-5-11-24(26)28)25-19-34(32-30-25)18-20-6-4-7-21(16-20)31-39(36,37)22-8-2-1-3-9-22/h1-11,16-17,19,31H,12-15,18H2,(H,29,35). The van der Waals surface area contributed by atoms with Crippen LogP contribution in [-0.4, -0.2) is 54.7 Å². The molecule has 3 heterocycles. The number of H-pyrrole nitrogens is 1. The van der Waals surface area contributed by atoms with E-state index in [4.69, 9.17) is 4.74 Å². The van der Waals surface area contributed by atoms with Crippen LogP contribution in [0, 0.1) is 0 Å². The van der Waals surface area contributed by atoms with E-state index in [0.717, 1.165) is 16.9 Å². The highest BCUT2D eigenvalue weighted by molar-refractivity contribution is 7.92. The van der Waals surface area contributed by atoms with E-state index in [-0.39, 0.29) is 10.3 Å². The van der Waals surface area contributed by atoms with E-state index in [2.05, 4.69) is 24.9 Å². The number of rotatable bonds is 7. The quantitative estimate of drug-likeness (QED) is 0.323. The predicted molar refractivity (Wildman–Crippen MR) is 149 cm³/mol. The number of hydrogen-bond acceptors (Lipinski definition) is 7. The third-order valence-electron chi connectivity index (χ3n) is 6.59. The molecule has 10 nitrogen and oxygen atoms in total. The van der Waals surface area contributed by atoms with E-state index >= 15 is 0 Å². The number of nitrogens with zero attached hydrogens (tertiary/aromatic N) is 4. The lowest BCUT2D eigenvalue weighted by Gasteiger charge is -2.28. The molecule has 5 aromatic rings. The van der Waals surface area contributed by atoms with E-state index in [1.165, 1.54) is 0 Å². The van der Waals surface area contributed by atoms with Crippen LogP contribution in [0.4, 0.5) is 11.5 Å². The van der Waals surface area contributed by atoms with Crippen molar-refractivity contribution in [3.8, 4) is 11.3 Å². The molecule has 0 unspecified atom stereocenters. The van der Waals surface area contributed by atoms with Crippen molar-refractivity contribution in [2.24, 2.45) is 0 Å². The molecule has 1 aliphatic heterocycles. The molecule has 1 saturated heterocycles. The van der Waals surface area contributed by atoms with Crippen LogP contribution in [0.3, 0.4) is 0 Å². The first kappa shape index (κ1) is 24.8. The second-order valence-electron chi connectivity index (χ2n) is 9.27. The summed E-state index contributed by atoms with van der Waals surface area (Å²) in [5.74, 6) is 0.755. The molecule has 0 bridgehead atoms. The molecule has 39 heavy (non-hydrogen) atoms. The third kappa shape index (κ3) is 5.27. The molecule has 1 aliphatic rings. The predicted octanol–water partition coefficient (Wildman–Crippen LogP) is 3.47. The van der Waals surface area contributed by atoms with E-state index in [9.17, 15) is 13.2 Å². The van der Waals surface area contributed by atoms with Gasteiger partial charge in [0.1, 0.15) is 11.5 Å². The number of aromatic amines is 1. The van der Waals surface area contributed by atoms with Gasteiger partial charge in [0.2, 0.25) is 0 Å². The maximum Gasteiger partial charge on any atom is 0.261 e. The first-order valence-electron chi connectivity index (χ1n) is 12.5. The Balaban J connectivity index is 1.26. The number of hydrogen-bond donors (Lipinski definition) is 2. The molecule has 6 rings (SSSR count). The van der Waals surface area contributed by atoms with Gasteiger partial charge in [-0.1, -0.05) is 47.7 Å². The molecular weight excluding hydrogens is 516 g/mol. The van der Waals surface area contributed by atoms with E-state index in [1.54, 1.807) is 65.3 Å². The van der Waals surface area contributed by atoms with Crippen LogP contribution >= 0.6 is 0 Å². The minimum Gasteiger partial charge on any atom is -0.378 e. The van der Waals surface area contributed by atoms with Crippen molar-refractivity contribution in [3.63, 3.8) is 0 Å². The number of anilines is 2. The fraction of sp³-hybridized carbons (Fsp3) is 0.179. The number of sulfonamides is 1. The minimum atomic E-state index is -3.70. The molecule has 2 aromatic heterocycles. The van der Waals surface area contributed by atoms with Crippen molar-refractivity contribution < 1.29 is 13.2 Å². The van der Waals surface area contributed by atoms with Gasteiger partial charge >= 0.3 is 0 Å². The van der Waals surface area contributed by atoms with E-state index < -0.39 is 10.0 Å². The average Bonchev–Trinajstić information content (AvgIpc) is 3.42. The van der Waals surface area contributed by atoms with Gasteiger partial charge in [0.05, 0.1) is 36.4 Å². The molecule has 0 amide bonds. The summed E-state index contributed by atoms with van der Waals surface area (Å²) >= 11 is 0. The Labute approximate surface area is 224 Å². The summed E-state index contributed by atoms with van der Waals surface area (Å²) in [6.07, 6.45) is 1.81. The molecule has 0 spiro atoms. The number of ether oxygens (including phenoxy) is 1. The monoisotopic (exact) mass is 542 g/mol. The van der Waals surface area contributed by atoms with Crippen LogP contribution in [0.1, 0.15) is 5.56 Å². The largest absolute Gasteiger partial charge is 0.378 e. The summed E-state index contributed by atoms with van der Waals surface area (Å²) in [6.45, 7) is 3.03. The molecule has 11 heteroatoms. The zero-order chi connectivity index (χ0) is 26.8. The normalized spacial score (nSPS) is 14.0. The van der Waals surface area contributed by atoms with E-state index in [0.29, 0.717) is 55.1 Å². The minimum absolute atomic E-state index is 0.0609. The van der Waals surface area contributed by atoms with Crippen LogP contribution in [0.2, 0.25) is 0 Å². The number of pyridine rings is 1. The van der Waals surface area contributed by atoms with Crippen molar-refractivity contribution >= 4 is 32.4 Å². The van der Waals surface area contributed by atoms with Crippen molar-refractivity contribution in [2.45, 2.75) is 11.4 Å². The Kier molecular flexibility index (Phi) is 6.59. The van der Waals surface area contributed by atoms with Gasteiger partial charge < -0.3 is 14.6 Å². The van der Waals surface area contributed by atoms with Crippen molar-refractivity contribution in [1.82, 2.24) is 20.0 Å². The van der Waals surface area contributed by atoms with Crippen molar-refractivity contribution in [3.05, 3.63) is 101 Å². The van der Waals surface area contributed by atoms with E-state index in [1.807, 2.05) is 24.4 Å². The highest BCUT2D eigenvalue weighted by Gasteiger charge is 2.17. The number of aromatic nitrogens is 4. The Morgan fingerprint density at radius 1 is 0.949 bits per heavy atom. The van der Waals surface area contributed by atoms with Gasteiger partial charge in [-0.15, -0.1) is 5.10 Å². The Morgan fingerprint density at radius 2 is 1.74 bits per heavy atom. The van der Waals surface area contributed by atoms with Gasteiger partial charge in [0.25, 0.3) is 10.0 Å². The van der Waals surface area contributed by atoms with Crippen LogP contribution in [-0.2, 0) is 21.3 Å². The Bertz CT molecular complexity index is 1790. The molecule has 198 valence electrons. The molecule has 0 radical (unpaired) electrons. The Morgan fingerprint density at radius 3 is 2.56 bits per heavy atom. The lowest BCUT2D eigenvalue weighted by atomic mass is 10.1. The molecule has 0 atom stereocenters. The van der Waals surface area contributed by atoms with Gasteiger partial charge in [-0.3, -0.25) is 9.52 Å². The van der Waals surface area contributed by atoms with Crippen molar-refractivity contribution in [1.29, 1.82) is 0 Å². The molecular formula is C28H26N6O4S. The zero-order valence-corrected chi connectivity index (χ0v) is 21.8. The van der Waals surface area contributed by atoms with Crippen molar-refractivity contribution in [2.75, 3.05) is 35.9 Å². The van der Waals surface area contributed by atoms with Gasteiger partial charge in [-0.2, -0.15) is 0 Å². The summed E-state index contributed by atoms with van der Waals surface area (Å²) < 4.78 is 35.2. The Hall–Kier alpha value is -4.48. The van der Waals surface area contributed by atoms with Crippen LogP contribution < -0.4 is 15.1 Å². The number of benzene rings is 3. The molecule has 2 N–H and O–H groups in total. The maximum absolute atomic E-state index is 12.9. The first-order valence-corrected chi connectivity index (χ1v) is 14.0. The topological polar surface area (TPSA) is 122 Å². The first-order chi connectivity index (χ1) is 19.0. The fourth-order valence-corrected chi connectivity index (χ4v) is 5.75. The third-order valence-corrected chi connectivity index (χ3v) is 7.99.